The lowest BCUT2D eigenvalue weighted by Crippen LogP contribution is -2.18. The van der Waals surface area contributed by atoms with Crippen LogP contribution in [0.25, 0.3) is 0 Å². The number of aromatic nitrogens is 2. The maximum absolute atomic E-state index is 4.67. The van der Waals surface area contributed by atoms with Gasteiger partial charge in [-0.3, -0.25) is 0 Å². The van der Waals surface area contributed by atoms with Crippen molar-refractivity contribution in [1.29, 1.82) is 0 Å². The molecule has 0 saturated carbocycles. The summed E-state index contributed by atoms with van der Waals surface area (Å²) in [6.45, 7) is 5.98. The van der Waals surface area contributed by atoms with E-state index < -0.39 is 0 Å². The number of hydrogen-bond donors (Lipinski definition) is 1. The summed E-state index contributed by atoms with van der Waals surface area (Å²) in [5, 5.41) is 5.39. The normalized spacial score (nSPS) is 10.6. The summed E-state index contributed by atoms with van der Waals surface area (Å²) in [4.78, 5) is 12.7. The van der Waals surface area contributed by atoms with Crippen LogP contribution in [0.15, 0.2) is 23.6 Å². The van der Waals surface area contributed by atoms with Crippen LogP contribution in [0.1, 0.15) is 31.0 Å². The Morgan fingerprint density at radius 1 is 1.30 bits per heavy atom. The maximum atomic E-state index is 4.67. The molecule has 0 aliphatic carbocycles. The molecular weight excluding hydrogens is 268 g/mol. The van der Waals surface area contributed by atoms with Gasteiger partial charge in [0, 0.05) is 31.0 Å². The number of hydrogen-bond acceptors (Lipinski definition) is 5. The van der Waals surface area contributed by atoms with Crippen molar-refractivity contribution in [2.75, 3.05) is 23.8 Å². The highest BCUT2D eigenvalue weighted by Crippen LogP contribution is 2.19. The van der Waals surface area contributed by atoms with Crippen molar-refractivity contribution in [1.82, 2.24) is 9.97 Å². The summed E-state index contributed by atoms with van der Waals surface area (Å²) in [6, 6.07) is 6.26. The van der Waals surface area contributed by atoms with Gasteiger partial charge < -0.3 is 10.2 Å². The van der Waals surface area contributed by atoms with E-state index in [1.807, 2.05) is 6.07 Å². The quantitative estimate of drug-likeness (QED) is 0.846. The number of rotatable bonds is 7. The van der Waals surface area contributed by atoms with Gasteiger partial charge in [0.25, 0.3) is 0 Å². The third-order valence-electron chi connectivity index (χ3n) is 2.95. The summed E-state index contributed by atoms with van der Waals surface area (Å²) < 4.78 is 0. The molecule has 0 atom stereocenters. The van der Waals surface area contributed by atoms with Crippen molar-refractivity contribution >= 4 is 23.0 Å². The van der Waals surface area contributed by atoms with Crippen LogP contribution in [-0.2, 0) is 13.0 Å². The topological polar surface area (TPSA) is 41.1 Å². The molecule has 4 nitrogen and oxygen atoms in total. The molecule has 0 amide bonds. The predicted octanol–water partition coefficient (Wildman–Crippen LogP) is 3.56. The van der Waals surface area contributed by atoms with Crippen LogP contribution in [0.5, 0.6) is 0 Å². The zero-order chi connectivity index (χ0) is 14.4. The number of nitrogens with zero attached hydrogens (tertiary/aromatic N) is 3. The number of aryl methyl sites for hydroxylation is 1. The standard InChI is InChI=1S/C15H22N4S/c1-4-7-13-17-14(16-5-2)10-15(18-13)19(3)11-12-8-6-9-20-12/h6,8-10H,4-5,7,11H2,1-3H3,(H,16,17,18). The third-order valence-corrected chi connectivity index (χ3v) is 3.82. The van der Waals surface area contributed by atoms with E-state index in [1.54, 1.807) is 11.3 Å². The summed E-state index contributed by atoms with van der Waals surface area (Å²) in [6.07, 6.45) is 1.97. The van der Waals surface area contributed by atoms with Gasteiger partial charge in [-0.15, -0.1) is 11.3 Å². The highest BCUT2D eigenvalue weighted by Gasteiger charge is 2.09. The minimum absolute atomic E-state index is 0.872. The van der Waals surface area contributed by atoms with E-state index >= 15 is 0 Å². The second-order valence-corrected chi connectivity index (χ2v) is 5.78. The first kappa shape index (κ1) is 14.8. The van der Waals surface area contributed by atoms with Crippen LogP contribution in [0.4, 0.5) is 11.6 Å². The first-order chi connectivity index (χ1) is 9.72. The Labute approximate surface area is 124 Å². The molecule has 0 radical (unpaired) electrons. The minimum atomic E-state index is 0.872. The van der Waals surface area contributed by atoms with Crippen LogP contribution < -0.4 is 10.2 Å². The molecule has 0 saturated heterocycles. The molecule has 2 aromatic rings. The molecular formula is C15H22N4S. The molecule has 2 rings (SSSR count). The Kier molecular flexibility index (Phi) is 5.35. The molecule has 0 spiro atoms. The van der Waals surface area contributed by atoms with Gasteiger partial charge in [-0.25, -0.2) is 9.97 Å². The van der Waals surface area contributed by atoms with E-state index in [9.17, 15) is 0 Å². The lowest BCUT2D eigenvalue weighted by Gasteiger charge is -2.19. The minimum Gasteiger partial charge on any atom is -0.370 e. The molecule has 2 heterocycles. The second kappa shape index (κ2) is 7.24. The monoisotopic (exact) mass is 290 g/mol. The average Bonchev–Trinajstić information content (AvgIpc) is 2.92. The molecule has 20 heavy (non-hydrogen) atoms. The molecule has 108 valence electrons. The van der Waals surface area contributed by atoms with Crippen molar-refractivity contribution in [3.05, 3.63) is 34.3 Å². The lowest BCUT2D eigenvalue weighted by atomic mass is 10.3. The van der Waals surface area contributed by atoms with Crippen molar-refractivity contribution in [2.45, 2.75) is 33.2 Å². The Balaban J connectivity index is 2.19. The molecule has 0 fully saturated rings. The lowest BCUT2D eigenvalue weighted by molar-refractivity contribution is 0.814. The van der Waals surface area contributed by atoms with Gasteiger partial charge in [0.1, 0.15) is 17.5 Å². The number of anilines is 2. The fraction of sp³-hybridized carbons (Fsp3) is 0.467. The Morgan fingerprint density at radius 2 is 2.15 bits per heavy atom. The molecule has 0 unspecified atom stereocenters. The zero-order valence-electron chi connectivity index (χ0n) is 12.4. The van der Waals surface area contributed by atoms with Gasteiger partial charge in [-0.05, 0) is 24.8 Å². The summed E-state index contributed by atoms with van der Waals surface area (Å²) in [5.41, 5.74) is 0. The largest absolute Gasteiger partial charge is 0.370 e. The van der Waals surface area contributed by atoms with E-state index in [-0.39, 0.29) is 0 Å². The zero-order valence-corrected chi connectivity index (χ0v) is 13.2. The van der Waals surface area contributed by atoms with Gasteiger partial charge in [-0.1, -0.05) is 13.0 Å². The molecule has 5 heteroatoms. The van der Waals surface area contributed by atoms with Crippen molar-refractivity contribution in [3.8, 4) is 0 Å². The molecule has 0 aliphatic heterocycles. The first-order valence-electron chi connectivity index (χ1n) is 7.08. The van der Waals surface area contributed by atoms with Gasteiger partial charge in [0.15, 0.2) is 0 Å². The van der Waals surface area contributed by atoms with Crippen LogP contribution in [0.3, 0.4) is 0 Å². The average molecular weight is 290 g/mol. The van der Waals surface area contributed by atoms with Crippen LogP contribution >= 0.6 is 11.3 Å². The molecule has 1 N–H and O–H groups in total. The fourth-order valence-electron chi connectivity index (χ4n) is 2.00. The summed E-state index contributed by atoms with van der Waals surface area (Å²) in [5.74, 6) is 2.81. The van der Waals surface area contributed by atoms with Crippen molar-refractivity contribution < 1.29 is 0 Å². The highest BCUT2D eigenvalue weighted by molar-refractivity contribution is 7.09. The fourth-order valence-corrected chi connectivity index (χ4v) is 2.76. The molecule has 0 aliphatic rings. The van der Waals surface area contributed by atoms with E-state index in [0.717, 1.165) is 43.4 Å². The van der Waals surface area contributed by atoms with Crippen molar-refractivity contribution in [2.24, 2.45) is 0 Å². The van der Waals surface area contributed by atoms with Gasteiger partial charge in [0.05, 0.1) is 6.54 Å². The van der Waals surface area contributed by atoms with Crippen molar-refractivity contribution in [3.63, 3.8) is 0 Å². The molecule has 0 bridgehead atoms. The summed E-state index contributed by atoms with van der Waals surface area (Å²) in [7, 11) is 2.08. The van der Waals surface area contributed by atoms with Gasteiger partial charge in [0.2, 0.25) is 0 Å². The smallest absolute Gasteiger partial charge is 0.134 e. The number of nitrogens with one attached hydrogen (secondary N) is 1. The van der Waals surface area contributed by atoms with Crippen LogP contribution in [-0.4, -0.2) is 23.6 Å². The molecule has 2 aromatic heterocycles. The van der Waals surface area contributed by atoms with Gasteiger partial charge in [-0.2, -0.15) is 0 Å². The van der Waals surface area contributed by atoms with E-state index in [1.165, 1.54) is 4.88 Å². The predicted molar refractivity (Wildman–Crippen MR) is 86.6 cm³/mol. The Hall–Kier alpha value is -1.62. The number of thiophene rings is 1. The SMILES string of the molecule is CCCc1nc(NCC)cc(N(C)Cc2cccs2)n1. The van der Waals surface area contributed by atoms with E-state index in [0.29, 0.717) is 0 Å². The van der Waals surface area contributed by atoms with Crippen LogP contribution in [0.2, 0.25) is 0 Å². The van der Waals surface area contributed by atoms with E-state index in [4.69, 9.17) is 0 Å². The molecule has 0 aromatic carbocycles. The maximum Gasteiger partial charge on any atom is 0.134 e. The highest BCUT2D eigenvalue weighted by atomic mass is 32.1. The summed E-state index contributed by atoms with van der Waals surface area (Å²) >= 11 is 1.77. The van der Waals surface area contributed by atoms with Gasteiger partial charge >= 0.3 is 0 Å². The second-order valence-electron chi connectivity index (χ2n) is 4.74. The van der Waals surface area contributed by atoms with Crippen LogP contribution in [0, 0.1) is 0 Å². The first-order valence-corrected chi connectivity index (χ1v) is 7.96. The van der Waals surface area contributed by atoms with E-state index in [2.05, 4.69) is 58.6 Å². The Morgan fingerprint density at radius 3 is 2.80 bits per heavy atom. The Bertz CT molecular complexity index is 500. The third kappa shape index (κ3) is 3.93.